The van der Waals surface area contributed by atoms with Crippen LogP contribution in [0.5, 0.6) is 11.5 Å². The Balaban J connectivity index is 1.86. The third-order valence-corrected chi connectivity index (χ3v) is 7.45. The first-order valence-electron chi connectivity index (χ1n) is 12.8. The smallest absolute Gasteiger partial charge is 0.306 e. The topological polar surface area (TPSA) is 123 Å². The van der Waals surface area contributed by atoms with Gasteiger partial charge in [-0.05, 0) is 68.9 Å². The van der Waals surface area contributed by atoms with Gasteiger partial charge in [-0.25, -0.2) is 9.37 Å². The van der Waals surface area contributed by atoms with E-state index < -0.39 is 23.8 Å². The van der Waals surface area contributed by atoms with Gasteiger partial charge in [-0.15, -0.1) is 0 Å². The summed E-state index contributed by atoms with van der Waals surface area (Å²) in [5.41, 5.74) is 2.50. The highest BCUT2D eigenvalue weighted by atomic mass is 19.1. The number of aliphatic hydroxyl groups is 1. The van der Waals surface area contributed by atoms with Gasteiger partial charge in [0.05, 0.1) is 31.2 Å². The number of rotatable bonds is 11. The van der Waals surface area contributed by atoms with Gasteiger partial charge >= 0.3 is 5.97 Å². The maximum absolute atomic E-state index is 14.6. The molecule has 204 valence electrons. The number of carbonyl (C=O) groups is 2. The van der Waals surface area contributed by atoms with Crippen molar-refractivity contribution in [2.45, 2.75) is 63.6 Å². The molecule has 0 bridgehead atoms. The molecule has 9 nitrogen and oxygen atoms in total. The lowest BCUT2D eigenvalue weighted by atomic mass is 9.85. The minimum atomic E-state index is -1.26. The Hall–Kier alpha value is -3.66. The number of fused-ring (bicyclic) bond motifs is 1. The van der Waals surface area contributed by atoms with Crippen LogP contribution < -0.4 is 14.8 Å². The number of aliphatic hydroxyl groups excluding tert-OH is 1. The maximum atomic E-state index is 14.6. The molecule has 10 heteroatoms. The van der Waals surface area contributed by atoms with E-state index in [4.69, 9.17) is 14.5 Å². The average Bonchev–Trinajstić information content (AvgIpc) is 3.31. The zero-order valence-electron chi connectivity index (χ0n) is 21.8. The lowest BCUT2D eigenvalue weighted by Gasteiger charge is -2.30. The molecule has 1 aromatic heterocycles. The molecule has 4 unspecified atom stereocenters. The van der Waals surface area contributed by atoms with Crippen molar-refractivity contribution in [2.75, 3.05) is 14.2 Å². The summed E-state index contributed by atoms with van der Waals surface area (Å²) in [6.07, 6.45) is 3.05. The molecule has 3 N–H and O–H groups in total. The van der Waals surface area contributed by atoms with E-state index in [0.29, 0.717) is 54.7 Å². The maximum Gasteiger partial charge on any atom is 0.306 e. The summed E-state index contributed by atoms with van der Waals surface area (Å²) in [6, 6.07) is 7.70. The molecule has 3 aromatic rings. The van der Waals surface area contributed by atoms with Gasteiger partial charge in [-0.3, -0.25) is 9.59 Å². The number of aromatic nitrogens is 2. The lowest BCUT2D eigenvalue weighted by molar-refractivity contribution is -0.143. The second-order valence-corrected chi connectivity index (χ2v) is 9.83. The van der Waals surface area contributed by atoms with Crippen LogP contribution in [0.1, 0.15) is 68.1 Å². The summed E-state index contributed by atoms with van der Waals surface area (Å²) in [5.74, 6) is -0.927. The molecule has 1 fully saturated rings. The molecule has 1 heterocycles. The van der Waals surface area contributed by atoms with Gasteiger partial charge in [-0.1, -0.05) is 12.5 Å². The van der Waals surface area contributed by atoms with Crippen molar-refractivity contribution in [3.8, 4) is 11.5 Å². The van der Waals surface area contributed by atoms with Crippen LogP contribution in [-0.4, -0.2) is 52.4 Å². The second-order valence-electron chi connectivity index (χ2n) is 9.83. The summed E-state index contributed by atoms with van der Waals surface area (Å²) < 4.78 is 27.1. The average molecular weight is 528 g/mol. The van der Waals surface area contributed by atoms with E-state index in [1.165, 1.54) is 19.2 Å². The predicted molar refractivity (Wildman–Crippen MR) is 139 cm³/mol. The zero-order chi connectivity index (χ0) is 27.4. The number of nitrogens with zero attached hydrogens (tertiary/aromatic N) is 2. The minimum Gasteiger partial charge on any atom is -0.496 e. The number of carboxylic acid groups (broad SMARTS) is 1. The standard InChI is InChI=1S/C28H34FN3O6/c1-16(30-15-33)7-9-20-23(37-2)12-10-22-25(20)31-27(26(34)17-8-11-24(38-3)21(29)14-17)32(22)19-6-4-5-18(13-19)28(35)36/h8,10-12,14-16,18-19,26,34H,4-7,9,13H2,1-3H3,(H,30,33)(H,35,36). The molecule has 1 aliphatic rings. The molecular weight excluding hydrogens is 493 g/mol. The Morgan fingerprint density at radius 1 is 1.24 bits per heavy atom. The monoisotopic (exact) mass is 527 g/mol. The number of aryl methyl sites for hydroxylation is 1. The highest BCUT2D eigenvalue weighted by molar-refractivity contribution is 5.83. The lowest BCUT2D eigenvalue weighted by Crippen LogP contribution is -2.26. The number of amides is 1. The summed E-state index contributed by atoms with van der Waals surface area (Å²) in [6.45, 7) is 1.90. The van der Waals surface area contributed by atoms with E-state index in [2.05, 4.69) is 5.32 Å². The zero-order valence-corrected chi connectivity index (χ0v) is 21.8. The molecule has 0 spiro atoms. The van der Waals surface area contributed by atoms with Gasteiger partial charge in [0.25, 0.3) is 0 Å². The van der Waals surface area contributed by atoms with Crippen molar-refractivity contribution in [1.29, 1.82) is 0 Å². The first-order valence-corrected chi connectivity index (χ1v) is 12.8. The number of hydrogen-bond donors (Lipinski definition) is 3. The number of aliphatic carboxylic acids is 1. The van der Waals surface area contributed by atoms with Crippen molar-refractivity contribution in [1.82, 2.24) is 14.9 Å². The molecule has 0 aliphatic heterocycles. The van der Waals surface area contributed by atoms with E-state index in [-0.39, 0.29) is 17.8 Å². The van der Waals surface area contributed by atoms with Crippen LogP contribution in [0.4, 0.5) is 4.39 Å². The van der Waals surface area contributed by atoms with Gasteiger partial charge < -0.3 is 29.6 Å². The number of halogens is 1. The fraction of sp³-hybridized carbons (Fsp3) is 0.464. The molecular formula is C28H34FN3O6. The molecule has 1 amide bonds. The van der Waals surface area contributed by atoms with E-state index in [0.717, 1.165) is 23.9 Å². The number of nitrogens with one attached hydrogen (secondary N) is 1. The number of imidazole rings is 1. The Morgan fingerprint density at radius 3 is 2.63 bits per heavy atom. The molecule has 2 aromatic carbocycles. The largest absolute Gasteiger partial charge is 0.496 e. The molecule has 0 radical (unpaired) electrons. The fourth-order valence-corrected chi connectivity index (χ4v) is 5.41. The quantitative estimate of drug-likeness (QED) is 0.320. The van der Waals surface area contributed by atoms with Gasteiger partial charge in [0, 0.05) is 17.6 Å². The van der Waals surface area contributed by atoms with E-state index in [1.54, 1.807) is 13.2 Å². The number of benzene rings is 2. The highest BCUT2D eigenvalue weighted by Gasteiger charge is 2.33. The van der Waals surface area contributed by atoms with E-state index in [9.17, 15) is 24.2 Å². The Morgan fingerprint density at radius 2 is 1.97 bits per heavy atom. The van der Waals surface area contributed by atoms with Crippen LogP contribution in [0.2, 0.25) is 0 Å². The molecule has 38 heavy (non-hydrogen) atoms. The first-order chi connectivity index (χ1) is 18.3. The molecule has 1 saturated carbocycles. The molecule has 4 rings (SSSR count). The van der Waals surface area contributed by atoms with Crippen LogP contribution in [-0.2, 0) is 16.0 Å². The fourth-order valence-electron chi connectivity index (χ4n) is 5.41. The highest BCUT2D eigenvalue weighted by Crippen LogP contribution is 2.40. The number of ether oxygens (including phenoxy) is 2. The van der Waals surface area contributed by atoms with Crippen LogP contribution in [0.15, 0.2) is 30.3 Å². The molecule has 1 aliphatic carbocycles. The second kappa shape index (κ2) is 11.8. The normalized spacial score (nSPS) is 19.1. The van der Waals surface area contributed by atoms with Crippen LogP contribution >= 0.6 is 0 Å². The Bertz CT molecular complexity index is 1310. The summed E-state index contributed by atoms with van der Waals surface area (Å²) >= 11 is 0. The Labute approximate surface area is 220 Å². The number of methoxy groups -OCH3 is 2. The van der Waals surface area contributed by atoms with Crippen molar-refractivity contribution in [3.05, 3.63) is 53.1 Å². The van der Waals surface area contributed by atoms with Crippen LogP contribution in [0.3, 0.4) is 0 Å². The minimum absolute atomic E-state index is 0.0658. The van der Waals surface area contributed by atoms with Crippen molar-refractivity contribution < 1.29 is 33.7 Å². The summed E-state index contributed by atoms with van der Waals surface area (Å²) in [7, 11) is 2.94. The summed E-state index contributed by atoms with van der Waals surface area (Å²) in [5, 5.41) is 23.9. The number of hydrogen-bond acceptors (Lipinski definition) is 6. The van der Waals surface area contributed by atoms with Gasteiger partial charge in [-0.2, -0.15) is 0 Å². The summed E-state index contributed by atoms with van der Waals surface area (Å²) in [4.78, 5) is 27.6. The molecule has 4 atom stereocenters. The van der Waals surface area contributed by atoms with Crippen molar-refractivity contribution >= 4 is 23.4 Å². The van der Waals surface area contributed by atoms with Crippen LogP contribution in [0.25, 0.3) is 11.0 Å². The van der Waals surface area contributed by atoms with Crippen molar-refractivity contribution in [3.63, 3.8) is 0 Å². The SMILES string of the molecule is COc1ccc(C(O)c2nc3c(CCC(C)NC=O)c(OC)ccc3n2C2CCCC(C(=O)O)C2)cc1F. The van der Waals surface area contributed by atoms with Gasteiger partial charge in [0.15, 0.2) is 11.6 Å². The third kappa shape index (κ3) is 5.45. The predicted octanol–water partition coefficient (Wildman–Crippen LogP) is 4.16. The van der Waals surface area contributed by atoms with Crippen molar-refractivity contribution in [2.24, 2.45) is 5.92 Å². The number of carboxylic acids is 1. The van der Waals surface area contributed by atoms with Crippen LogP contribution in [0, 0.1) is 11.7 Å². The van der Waals surface area contributed by atoms with E-state index >= 15 is 0 Å². The first kappa shape index (κ1) is 27.4. The van der Waals surface area contributed by atoms with E-state index in [1.807, 2.05) is 23.6 Å². The van der Waals surface area contributed by atoms with Gasteiger partial charge in [0.1, 0.15) is 17.7 Å². The number of carbonyl (C=O) groups excluding carboxylic acids is 1. The molecule has 0 saturated heterocycles. The Kier molecular flexibility index (Phi) is 8.51. The third-order valence-electron chi connectivity index (χ3n) is 7.45. The van der Waals surface area contributed by atoms with Gasteiger partial charge in [0.2, 0.25) is 6.41 Å².